The predicted octanol–water partition coefficient (Wildman–Crippen LogP) is 4.25. The van der Waals surface area contributed by atoms with E-state index in [1.165, 1.54) is 17.4 Å². The zero-order chi connectivity index (χ0) is 18.4. The summed E-state index contributed by atoms with van der Waals surface area (Å²) in [5, 5.41) is 21.4. The number of non-ortho nitro benzene ring substituents is 1. The van der Waals surface area contributed by atoms with Crippen LogP contribution in [0, 0.1) is 10.1 Å². The molecule has 0 bridgehead atoms. The van der Waals surface area contributed by atoms with Gasteiger partial charge in [0.15, 0.2) is 0 Å². The normalized spacial score (nSPS) is 11.8. The Morgan fingerprint density at radius 1 is 1.19 bits per heavy atom. The minimum Gasteiger partial charge on any atom is -0.311 e. The first-order chi connectivity index (χ1) is 12.7. The van der Waals surface area contributed by atoms with Crippen LogP contribution in [0.2, 0.25) is 0 Å². The van der Waals surface area contributed by atoms with Crippen LogP contribution in [0.4, 0.5) is 5.69 Å². The van der Waals surface area contributed by atoms with Gasteiger partial charge in [-0.05, 0) is 5.56 Å². The molecule has 0 aliphatic rings. The highest BCUT2D eigenvalue weighted by molar-refractivity contribution is 7.07. The third-order valence-corrected chi connectivity index (χ3v) is 4.47. The summed E-state index contributed by atoms with van der Waals surface area (Å²) in [5.74, 6) is 0. The Morgan fingerprint density at radius 2 is 2.00 bits per heavy atom. The van der Waals surface area contributed by atoms with E-state index in [4.69, 9.17) is 0 Å². The smallest absolute Gasteiger partial charge is 0.270 e. The number of rotatable bonds is 6. The van der Waals surface area contributed by atoms with E-state index in [-0.39, 0.29) is 5.69 Å². The Balaban J connectivity index is 2.00. The number of allylic oxidation sites excluding steroid dienone is 1. The van der Waals surface area contributed by atoms with E-state index in [9.17, 15) is 10.1 Å². The van der Waals surface area contributed by atoms with Crippen LogP contribution in [0.3, 0.4) is 0 Å². The molecular weight excluding hydrogens is 348 g/mol. The van der Waals surface area contributed by atoms with Crippen LogP contribution >= 0.6 is 11.3 Å². The van der Waals surface area contributed by atoms with Gasteiger partial charge in [0.2, 0.25) is 4.80 Å². The summed E-state index contributed by atoms with van der Waals surface area (Å²) >= 11 is 1.43. The van der Waals surface area contributed by atoms with Crippen LogP contribution in [-0.2, 0) is 6.54 Å². The molecule has 130 valence electrons. The van der Waals surface area contributed by atoms with E-state index in [1.807, 2.05) is 46.3 Å². The molecule has 6 nitrogen and oxygen atoms in total. The van der Waals surface area contributed by atoms with E-state index in [1.54, 1.807) is 24.4 Å². The SMILES string of the molecule is C=CCn1c(-c2cccc([N+](=O)[O-])c2)cs/c1=N\N=C/c1ccccc1. The van der Waals surface area contributed by atoms with Crippen molar-refractivity contribution in [3.05, 3.63) is 93.1 Å². The standard InChI is InChI=1S/C19H16N4O2S/c1-2-11-22-18(16-9-6-10-17(12-16)23(24)25)14-26-19(22)21-20-13-15-7-4-3-5-8-15/h2-10,12-14H,1,11H2/b20-13-,21-19-. The summed E-state index contributed by atoms with van der Waals surface area (Å²) in [6, 6.07) is 16.2. The molecule has 3 rings (SSSR count). The molecule has 26 heavy (non-hydrogen) atoms. The van der Waals surface area contributed by atoms with Crippen molar-refractivity contribution in [2.24, 2.45) is 10.2 Å². The van der Waals surface area contributed by atoms with Crippen molar-refractivity contribution in [1.82, 2.24) is 4.57 Å². The van der Waals surface area contributed by atoms with Gasteiger partial charge < -0.3 is 4.57 Å². The van der Waals surface area contributed by atoms with Crippen LogP contribution in [-0.4, -0.2) is 15.7 Å². The summed E-state index contributed by atoms with van der Waals surface area (Å²) in [4.78, 5) is 11.3. The number of nitrogens with zero attached hydrogens (tertiary/aromatic N) is 4. The van der Waals surface area contributed by atoms with Gasteiger partial charge in [0.1, 0.15) is 0 Å². The molecule has 3 aromatic rings. The average Bonchev–Trinajstić information content (AvgIpc) is 3.06. The zero-order valence-corrected chi connectivity index (χ0v) is 14.7. The molecule has 0 unspecified atom stereocenters. The summed E-state index contributed by atoms with van der Waals surface area (Å²) in [5.41, 5.74) is 2.61. The molecule has 0 fully saturated rings. The lowest BCUT2D eigenvalue weighted by atomic mass is 10.1. The molecule has 1 heterocycles. The monoisotopic (exact) mass is 364 g/mol. The maximum Gasteiger partial charge on any atom is 0.270 e. The number of nitro benzene ring substituents is 1. The van der Waals surface area contributed by atoms with Gasteiger partial charge in [-0.3, -0.25) is 10.1 Å². The molecule has 0 atom stereocenters. The minimum absolute atomic E-state index is 0.0550. The van der Waals surface area contributed by atoms with E-state index in [0.29, 0.717) is 11.3 Å². The van der Waals surface area contributed by atoms with Crippen molar-refractivity contribution in [2.75, 3.05) is 0 Å². The van der Waals surface area contributed by atoms with Gasteiger partial charge in [0, 0.05) is 29.6 Å². The van der Waals surface area contributed by atoms with Gasteiger partial charge in [0.25, 0.3) is 5.69 Å². The molecule has 2 aromatic carbocycles. The predicted molar refractivity (Wildman–Crippen MR) is 104 cm³/mol. The van der Waals surface area contributed by atoms with Gasteiger partial charge in [-0.15, -0.1) is 23.0 Å². The van der Waals surface area contributed by atoms with Gasteiger partial charge in [0.05, 0.1) is 16.8 Å². The highest BCUT2D eigenvalue weighted by Crippen LogP contribution is 2.24. The number of thiazole rings is 1. The summed E-state index contributed by atoms with van der Waals surface area (Å²) in [6.07, 6.45) is 3.44. The lowest BCUT2D eigenvalue weighted by Crippen LogP contribution is -2.14. The molecule has 0 spiro atoms. The topological polar surface area (TPSA) is 72.8 Å². The Morgan fingerprint density at radius 3 is 2.73 bits per heavy atom. The largest absolute Gasteiger partial charge is 0.311 e. The van der Waals surface area contributed by atoms with Crippen LogP contribution in [0.5, 0.6) is 0 Å². The Hall–Kier alpha value is -3.32. The number of nitro groups is 1. The Labute approximate surface area is 154 Å². The van der Waals surface area contributed by atoms with E-state index in [2.05, 4.69) is 16.8 Å². The van der Waals surface area contributed by atoms with E-state index < -0.39 is 4.92 Å². The number of benzene rings is 2. The molecule has 7 heteroatoms. The highest BCUT2D eigenvalue weighted by Gasteiger charge is 2.11. The second-order valence-corrected chi connectivity index (χ2v) is 6.20. The van der Waals surface area contributed by atoms with Crippen molar-refractivity contribution >= 4 is 23.2 Å². The second kappa shape index (κ2) is 8.17. The van der Waals surface area contributed by atoms with Crippen molar-refractivity contribution in [3.8, 4) is 11.3 Å². The first kappa shape index (κ1) is 17.5. The molecule has 0 aliphatic carbocycles. The lowest BCUT2D eigenvalue weighted by molar-refractivity contribution is -0.384. The van der Waals surface area contributed by atoms with Crippen LogP contribution in [0.15, 0.2) is 82.8 Å². The highest BCUT2D eigenvalue weighted by atomic mass is 32.1. The number of aromatic nitrogens is 1. The lowest BCUT2D eigenvalue weighted by Gasteiger charge is -2.06. The third-order valence-electron chi connectivity index (χ3n) is 3.61. The fraction of sp³-hybridized carbons (Fsp3) is 0.0526. The quantitative estimate of drug-likeness (QED) is 0.284. The van der Waals surface area contributed by atoms with E-state index >= 15 is 0 Å². The summed E-state index contributed by atoms with van der Waals surface area (Å²) in [6.45, 7) is 4.31. The molecule has 1 aromatic heterocycles. The van der Waals surface area contributed by atoms with Crippen LogP contribution in [0.1, 0.15) is 5.56 Å². The van der Waals surface area contributed by atoms with Crippen molar-refractivity contribution < 1.29 is 4.92 Å². The Bertz CT molecular complexity index is 1020. The maximum absolute atomic E-state index is 11.0. The van der Waals surface area contributed by atoms with Crippen LogP contribution < -0.4 is 4.80 Å². The first-order valence-electron chi connectivity index (χ1n) is 7.85. The average molecular weight is 364 g/mol. The first-order valence-corrected chi connectivity index (χ1v) is 8.73. The van der Waals surface area contributed by atoms with Gasteiger partial charge in [-0.2, -0.15) is 5.10 Å². The third kappa shape index (κ3) is 4.01. The number of hydrogen-bond acceptors (Lipinski definition) is 5. The zero-order valence-electron chi connectivity index (χ0n) is 13.9. The summed E-state index contributed by atoms with van der Waals surface area (Å²) in [7, 11) is 0. The fourth-order valence-corrected chi connectivity index (χ4v) is 3.28. The molecular formula is C19H16N4O2S. The minimum atomic E-state index is -0.400. The summed E-state index contributed by atoms with van der Waals surface area (Å²) < 4.78 is 1.93. The molecule has 0 saturated heterocycles. The maximum atomic E-state index is 11.0. The van der Waals surface area contributed by atoms with Crippen molar-refractivity contribution in [3.63, 3.8) is 0 Å². The molecule has 0 amide bonds. The van der Waals surface area contributed by atoms with Gasteiger partial charge in [-0.25, -0.2) is 0 Å². The Kier molecular flexibility index (Phi) is 5.50. The van der Waals surface area contributed by atoms with E-state index in [0.717, 1.165) is 16.8 Å². The number of hydrogen-bond donors (Lipinski definition) is 0. The molecule has 0 saturated carbocycles. The molecule has 0 aliphatic heterocycles. The molecule has 0 radical (unpaired) electrons. The van der Waals surface area contributed by atoms with Gasteiger partial charge >= 0.3 is 0 Å². The molecule has 0 N–H and O–H groups in total. The second-order valence-electron chi connectivity index (χ2n) is 5.37. The van der Waals surface area contributed by atoms with Crippen LogP contribution in [0.25, 0.3) is 11.3 Å². The fourth-order valence-electron chi connectivity index (χ4n) is 2.41. The van der Waals surface area contributed by atoms with Crippen molar-refractivity contribution in [1.29, 1.82) is 0 Å². The van der Waals surface area contributed by atoms with Gasteiger partial charge in [-0.1, -0.05) is 48.5 Å². The van der Waals surface area contributed by atoms with Crippen molar-refractivity contribution in [2.45, 2.75) is 6.54 Å².